The van der Waals surface area contributed by atoms with Gasteiger partial charge in [0.25, 0.3) is 11.5 Å². The molecule has 0 fully saturated rings. The minimum absolute atomic E-state index is 0.0172. The highest BCUT2D eigenvalue weighted by molar-refractivity contribution is 6.18. The second-order valence-electron chi connectivity index (χ2n) is 8.60. The van der Waals surface area contributed by atoms with Crippen LogP contribution in [-0.4, -0.2) is 63.2 Å². The van der Waals surface area contributed by atoms with Crippen LogP contribution < -0.4 is 10.3 Å². The van der Waals surface area contributed by atoms with Crippen LogP contribution in [0.2, 0.25) is 0 Å². The Balaban J connectivity index is 1.78. The number of amides is 1. The van der Waals surface area contributed by atoms with E-state index in [4.69, 9.17) is 9.47 Å². The van der Waals surface area contributed by atoms with Crippen molar-refractivity contribution in [2.75, 3.05) is 26.8 Å². The molecule has 0 aliphatic heterocycles. The lowest BCUT2D eigenvalue weighted by atomic mass is 10.1. The third-order valence-corrected chi connectivity index (χ3v) is 6.36. The maximum absolute atomic E-state index is 13.6. The second kappa shape index (κ2) is 10.9. The van der Waals surface area contributed by atoms with Crippen LogP contribution >= 0.6 is 0 Å². The van der Waals surface area contributed by atoms with Gasteiger partial charge in [-0.05, 0) is 31.5 Å². The SMILES string of the molecule is CCN(CC)C(=O)c1nn(CC(O)COCc2ccccc2)c(=O)c2c1c1c(OC)cccc1n2C. The molecule has 2 heterocycles. The van der Waals surface area contributed by atoms with E-state index in [-0.39, 0.29) is 24.8 Å². The number of aromatic nitrogens is 3. The molecular weight excluding hydrogens is 460 g/mol. The number of ether oxygens (including phenoxy) is 2. The van der Waals surface area contributed by atoms with Crippen LogP contribution in [0.3, 0.4) is 0 Å². The number of hydrogen-bond donors (Lipinski definition) is 1. The van der Waals surface area contributed by atoms with E-state index in [1.165, 1.54) is 4.68 Å². The molecule has 2 aromatic heterocycles. The number of nitrogens with zero attached hydrogens (tertiary/aromatic N) is 4. The van der Waals surface area contributed by atoms with Gasteiger partial charge in [-0.2, -0.15) is 5.10 Å². The number of aliphatic hydroxyl groups excluding tert-OH is 1. The Kier molecular flexibility index (Phi) is 7.71. The monoisotopic (exact) mass is 492 g/mol. The lowest BCUT2D eigenvalue weighted by Crippen LogP contribution is -2.36. The van der Waals surface area contributed by atoms with Gasteiger partial charge in [0, 0.05) is 20.1 Å². The predicted molar refractivity (Wildman–Crippen MR) is 138 cm³/mol. The summed E-state index contributed by atoms with van der Waals surface area (Å²) in [6, 6.07) is 15.1. The standard InChI is InChI=1S/C27H32N4O5/c1-5-30(6-2)26(33)24-23-22-20(13-10-14-21(22)35-4)29(3)25(23)27(34)31(28-24)15-19(32)17-36-16-18-11-8-7-9-12-18/h7-14,19,32H,5-6,15-17H2,1-4H3. The number of carbonyl (C=O) groups excluding carboxylic acids is 1. The van der Waals surface area contributed by atoms with Crippen molar-refractivity contribution < 1.29 is 19.4 Å². The van der Waals surface area contributed by atoms with E-state index in [2.05, 4.69) is 5.10 Å². The highest BCUT2D eigenvalue weighted by Crippen LogP contribution is 2.35. The van der Waals surface area contributed by atoms with Crippen molar-refractivity contribution >= 4 is 27.7 Å². The Morgan fingerprint density at radius 3 is 2.47 bits per heavy atom. The first-order valence-corrected chi connectivity index (χ1v) is 12.1. The van der Waals surface area contributed by atoms with Gasteiger partial charge in [-0.1, -0.05) is 36.4 Å². The van der Waals surface area contributed by atoms with Crippen LogP contribution in [0.1, 0.15) is 29.9 Å². The molecule has 1 amide bonds. The van der Waals surface area contributed by atoms with Crippen LogP contribution in [0.4, 0.5) is 0 Å². The first kappa shape index (κ1) is 25.4. The number of methoxy groups -OCH3 is 1. The van der Waals surface area contributed by atoms with Crippen molar-refractivity contribution in [1.29, 1.82) is 0 Å². The van der Waals surface area contributed by atoms with Crippen LogP contribution in [0.25, 0.3) is 21.8 Å². The molecule has 0 aliphatic carbocycles. The number of fused-ring (bicyclic) bond motifs is 3. The van der Waals surface area contributed by atoms with Crippen LogP contribution in [0.5, 0.6) is 5.75 Å². The zero-order valence-electron chi connectivity index (χ0n) is 21.1. The van der Waals surface area contributed by atoms with E-state index in [1.54, 1.807) is 29.7 Å². The predicted octanol–water partition coefficient (Wildman–Crippen LogP) is 2.96. The van der Waals surface area contributed by atoms with Gasteiger partial charge < -0.3 is 24.0 Å². The lowest BCUT2D eigenvalue weighted by Gasteiger charge is -2.20. The quantitative estimate of drug-likeness (QED) is 0.366. The molecule has 1 atom stereocenters. The summed E-state index contributed by atoms with van der Waals surface area (Å²) >= 11 is 0. The van der Waals surface area contributed by atoms with Crippen LogP contribution in [0, 0.1) is 0 Å². The summed E-state index contributed by atoms with van der Waals surface area (Å²) in [6.07, 6.45) is -0.989. The van der Waals surface area contributed by atoms with Gasteiger partial charge in [-0.25, -0.2) is 4.68 Å². The van der Waals surface area contributed by atoms with Gasteiger partial charge in [0.05, 0.1) is 49.3 Å². The minimum atomic E-state index is -0.989. The first-order valence-electron chi connectivity index (χ1n) is 12.1. The third-order valence-electron chi connectivity index (χ3n) is 6.36. The molecule has 9 nitrogen and oxygen atoms in total. The highest BCUT2D eigenvalue weighted by atomic mass is 16.5. The van der Waals surface area contributed by atoms with Crippen LogP contribution in [-0.2, 0) is 24.9 Å². The summed E-state index contributed by atoms with van der Waals surface area (Å²) in [6.45, 7) is 5.03. The Morgan fingerprint density at radius 2 is 1.81 bits per heavy atom. The lowest BCUT2D eigenvalue weighted by molar-refractivity contribution is 0.0179. The molecule has 4 aromatic rings. The molecule has 1 unspecified atom stereocenters. The Hall–Kier alpha value is -3.69. The normalized spacial score (nSPS) is 12.2. The number of hydrogen-bond acceptors (Lipinski definition) is 6. The van der Waals surface area contributed by atoms with Gasteiger partial charge in [0.2, 0.25) is 0 Å². The number of benzene rings is 2. The molecule has 0 saturated heterocycles. The van der Waals surface area contributed by atoms with Gasteiger partial charge in [-0.15, -0.1) is 0 Å². The van der Waals surface area contributed by atoms with Crippen LogP contribution in [0.15, 0.2) is 53.3 Å². The largest absolute Gasteiger partial charge is 0.496 e. The molecule has 0 bridgehead atoms. The topological polar surface area (TPSA) is 98.8 Å². The molecule has 0 saturated carbocycles. The maximum Gasteiger partial charge on any atom is 0.291 e. The zero-order chi connectivity index (χ0) is 25.8. The highest BCUT2D eigenvalue weighted by Gasteiger charge is 2.27. The molecule has 9 heteroatoms. The fraction of sp³-hybridized carbons (Fsp3) is 0.370. The van der Waals surface area contributed by atoms with Crippen molar-refractivity contribution in [3.05, 3.63) is 70.1 Å². The van der Waals surface area contributed by atoms with Gasteiger partial charge >= 0.3 is 0 Å². The molecule has 0 radical (unpaired) electrons. The minimum Gasteiger partial charge on any atom is -0.496 e. The third kappa shape index (κ3) is 4.72. The Labute approximate surface area is 209 Å². The summed E-state index contributed by atoms with van der Waals surface area (Å²) in [7, 11) is 3.33. The maximum atomic E-state index is 13.6. The smallest absolute Gasteiger partial charge is 0.291 e. The van der Waals surface area contributed by atoms with E-state index in [9.17, 15) is 14.7 Å². The first-order chi connectivity index (χ1) is 17.4. The molecule has 2 aromatic carbocycles. The van der Waals surface area contributed by atoms with E-state index in [1.807, 2.05) is 56.3 Å². The van der Waals surface area contributed by atoms with Gasteiger partial charge in [0.15, 0.2) is 5.69 Å². The molecule has 190 valence electrons. The summed E-state index contributed by atoms with van der Waals surface area (Å²) in [4.78, 5) is 28.8. The van der Waals surface area contributed by atoms with Crippen molar-refractivity contribution in [3.8, 4) is 5.75 Å². The average Bonchev–Trinajstić information content (AvgIpc) is 3.20. The molecule has 1 N–H and O–H groups in total. The van der Waals surface area contributed by atoms with E-state index in [0.29, 0.717) is 41.7 Å². The fourth-order valence-corrected chi connectivity index (χ4v) is 4.52. The fourth-order valence-electron chi connectivity index (χ4n) is 4.52. The van der Waals surface area contributed by atoms with Crippen molar-refractivity contribution in [2.45, 2.75) is 33.1 Å². The molecule has 4 rings (SSSR count). The number of aliphatic hydroxyl groups is 1. The summed E-state index contributed by atoms with van der Waals surface area (Å²) in [5.74, 6) is 0.270. The second-order valence-corrected chi connectivity index (χ2v) is 8.60. The molecule has 0 spiro atoms. The Morgan fingerprint density at radius 1 is 1.08 bits per heavy atom. The number of carbonyl (C=O) groups is 1. The summed E-state index contributed by atoms with van der Waals surface area (Å²) in [5.41, 5.74) is 1.82. The van der Waals surface area contributed by atoms with E-state index in [0.717, 1.165) is 11.1 Å². The summed E-state index contributed by atoms with van der Waals surface area (Å²) in [5, 5.41) is 16.3. The zero-order valence-corrected chi connectivity index (χ0v) is 21.1. The molecular formula is C27H32N4O5. The molecule has 36 heavy (non-hydrogen) atoms. The molecule has 0 aliphatic rings. The average molecular weight is 493 g/mol. The van der Waals surface area contributed by atoms with E-state index < -0.39 is 11.7 Å². The van der Waals surface area contributed by atoms with Gasteiger partial charge in [-0.3, -0.25) is 9.59 Å². The Bertz CT molecular complexity index is 1420. The van der Waals surface area contributed by atoms with Crippen molar-refractivity contribution in [3.63, 3.8) is 0 Å². The van der Waals surface area contributed by atoms with Gasteiger partial charge in [0.1, 0.15) is 11.3 Å². The summed E-state index contributed by atoms with van der Waals surface area (Å²) < 4.78 is 14.1. The van der Waals surface area contributed by atoms with E-state index >= 15 is 0 Å². The number of aryl methyl sites for hydroxylation is 1. The van der Waals surface area contributed by atoms with Crippen molar-refractivity contribution in [2.24, 2.45) is 7.05 Å². The number of rotatable bonds is 10. The van der Waals surface area contributed by atoms with Crippen molar-refractivity contribution in [1.82, 2.24) is 19.2 Å².